The number of nitrogens with zero attached hydrogens (tertiary/aromatic N) is 1. The summed E-state index contributed by atoms with van der Waals surface area (Å²) in [6.07, 6.45) is 6.09. The van der Waals surface area contributed by atoms with E-state index < -0.39 is 23.0 Å². The Balaban J connectivity index is 1.37. The van der Waals surface area contributed by atoms with E-state index in [-0.39, 0.29) is 23.3 Å². The van der Waals surface area contributed by atoms with Crippen molar-refractivity contribution in [3.8, 4) is 0 Å². The molecule has 1 saturated carbocycles. The van der Waals surface area contributed by atoms with Gasteiger partial charge in [-0.3, -0.25) is 9.59 Å². The van der Waals surface area contributed by atoms with Crippen molar-refractivity contribution in [2.45, 2.75) is 44.2 Å². The lowest BCUT2D eigenvalue weighted by molar-refractivity contribution is -0.124. The van der Waals surface area contributed by atoms with Crippen molar-refractivity contribution in [3.05, 3.63) is 35.1 Å². The number of hydrogen-bond acceptors (Lipinski definition) is 3. The van der Waals surface area contributed by atoms with Gasteiger partial charge in [-0.2, -0.15) is 8.78 Å². The van der Waals surface area contributed by atoms with Gasteiger partial charge in [0.1, 0.15) is 5.82 Å². The van der Waals surface area contributed by atoms with Crippen LogP contribution in [0.25, 0.3) is 0 Å². The third-order valence-corrected chi connectivity index (χ3v) is 6.59. The number of carbonyl (C=O) groups excluding carboxylic acids is 2. The van der Waals surface area contributed by atoms with E-state index in [1.54, 1.807) is 0 Å². The first kappa shape index (κ1) is 24.0. The summed E-state index contributed by atoms with van der Waals surface area (Å²) in [5.41, 5.74) is -3.94. The summed E-state index contributed by atoms with van der Waals surface area (Å²) in [6, 6.07) is 2.72. The Morgan fingerprint density at radius 2 is 1.74 bits per heavy atom. The van der Waals surface area contributed by atoms with Crippen LogP contribution in [-0.2, 0) is 10.5 Å². The monoisotopic (exact) mass is 457 g/mol. The highest BCUT2D eigenvalue weighted by Crippen LogP contribution is 2.35. The van der Waals surface area contributed by atoms with E-state index in [0.717, 1.165) is 76.4 Å². The Morgan fingerprint density at radius 3 is 2.39 bits per heavy atom. The van der Waals surface area contributed by atoms with Gasteiger partial charge in [0.25, 0.3) is 11.6 Å². The number of likely N-dealkylation sites (tertiary alicyclic amines) is 1. The molecule has 1 atom stereocenters. The lowest BCUT2D eigenvalue weighted by Gasteiger charge is -2.32. The summed E-state index contributed by atoms with van der Waals surface area (Å²) >= 11 is 0. The number of alkyl halides is 2. The van der Waals surface area contributed by atoms with Crippen LogP contribution >= 0.6 is 9.24 Å². The summed E-state index contributed by atoms with van der Waals surface area (Å²) < 4.78 is 40.5. The number of halogens is 3. The Kier molecular flexibility index (Phi) is 8.34. The maximum atomic E-state index is 13.6. The summed E-state index contributed by atoms with van der Waals surface area (Å²) in [5.74, 6) is -0.768. The number of piperidine rings is 1. The quantitative estimate of drug-likeness (QED) is 0.588. The second-order valence-corrected chi connectivity index (χ2v) is 9.34. The summed E-state index contributed by atoms with van der Waals surface area (Å²) in [4.78, 5) is 26.7. The molecule has 2 amide bonds. The van der Waals surface area contributed by atoms with E-state index in [2.05, 4.69) is 15.5 Å². The number of amides is 2. The van der Waals surface area contributed by atoms with Crippen LogP contribution in [0.1, 0.15) is 54.4 Å². The Labute approximate surface area is 183 Å². The maximum Gasteiger partial charge on any atom is 0.283 e. The second kappa shape index (κ2) is 10.8. The Hall–Kier alpha value is -1.66. The van der Waals surface area contributed by atoms with Gasteiger partial charge < -0.3 is 15.5 Å². The molecule has 1 aliphatic carbocycles. The third-order valence-electron chi connectivity index (χ3n) is 6.26. The van der Waals surface area contributed by atoms with Crippen molar-refractivity contribution in [1.82, 2.24) is 15.5 Å². The average molecular weight is 457 g/mol. The molecule has 9 heteroatoms. The molecule has 1 saturated heterocycles. The molecule has 172 valence electrons. The van der Waals surface area contributed by atoms with Crippen molar-refractivity contribution in [1.29, 1.82) is 0 Å². The van der Waals surface area contributed by atoms with E-state index in [1.807, 2.05) is 0 Å². The number of carbonyl (C=O) groups is 2. The second-order valence-electron chi connectivity index (χ2n) is 8.62. The molecule has 1 unspecified atom stereocenters. The van der Waals surface area contributed by atoms with Crippen molar-refractivity contribution < 1.29 is 22.8 Å². The first-order chi connectivity index (χ1) is 14.7. The first-order valence-electron chi connectivity index (χ1n) is 11.0. The minimum absolute atomic E-state index is 0.104. The molecule has 31 heavy (non-hydrogen) atoms. The first-order valence-corrected chi connectivity index (χ1v) is 11.6. The van der Waals surface area contributed by atoms with Crippen LogP contribution in [0.2, 0.25) is 0 Å². The molecule has 2 fully saturated rings. The maximum absolute atomic E-state index is 13.6. The molecular formula is C22H31F3N3O2P. The topological polar surface area (TPSA) is 61.4 Å². The van der Waals surface area contributed by atoms with Gasteiger partial charge in [0.15, 0.2) is 0 Å². The molecule has 0 radical (unpaired) electrons. The molecule has 1 aromatic carbocycles. The molecule has 1 aromatic rings. The highest BCUT2D eigenvalue weighted by Gasteiger charge is 2.27. The fourth-order valence-electron chi connectivity index (χ4n) is 4.34. The molecule has 1 aliphatic heterocycles. The smallest absolute Gasteiger partial charge is 0.283 e. The Bertz CT molecular complexity index is 774. The standard InChI is InChI=1S/C22H31F3N3O2P/c23-19-12-17(11-18(13-19)22(24,25)31)21(30)27-14-15-5-8-28(9-6-15)10-7-26-20(29)16-3-1-2-4-16/h11-13,15-16H,1-10,14,31H2,(H,26,29)(H,27,30). The van der Waals surface area contributed by atoms with Crippen molar-refractivity contribution in [2.75, 3.05) is 32.7 Å². The van der Waals surface area contributed by atoms with Crippen LogP contribution in [0, 0.1) is 17.7 Å². The zero-order valence-corrected chi connectivity index (χ0v) is 18.8. The zero-order chi connectivity index (χ0) is 22.4. The molecule has 2 N–H and O–H groups in total. The fourth-order valence-corrected chi connectivity index (χ4v) is 4.50. The predicted octanol–water partition coefficient (Wildman–Crippen LogP) is 3.50. The van der Waals surface area contributed by atoms with Crippen molar-refractivity contribution >= 4 is 21.1 Å². The summed E-state index contributed by atoms with van der Waals surface area (Å²) in [7, 11) is 1.35. The van der Waals surface area contributed by atoms with Gasteiger partial charge in [-0.05, 0) is 62.9 Å². The van der Waals surface area contributed by atoms with Crippen LogP contribution < -0.4 is 10.6 Å². The van der Waals surface area contributed by atoms with E-state index in [9.17, 15) is 22.8 Å². The van der Waals surface area contributed by atoms with Crippen molar-refractivity contribution in [3.63, 3.8) is 0 Å². The van der Waals surface area contributed by atoms with E-state index in [1.165, 1.54) is 9.24 Å². The normalized spacial score (nSPS) is 18.8. The van der Waals surface area contributed by atoms with Crippen LogP contribution in [0.3, 0.4) is 0 Å². The number of nitrogens with one attached hydrogen (secondary N) is 2. The molecule has 0 aromatic heterocycles. The predicted molar refractivity (Wildman–Crippen MR) is 116 cm³/mol. The van der Waals surface area contributed by atoms with Gasteiger partial charge in [0.2, 0.25) is 5.91 Å². The van der Waals surface area contributed by atoms with Crippen LogP contribution in [0.4, 0.5) is 13.2 Å². The molecule has 0 bridgehead atoms. The average Bonchev–Trinajstić information content (AvgIpc) is 3.27. The van der Waals surface area contributed by atoms with Gasteiger partial charge in [0.05, 0.1) is 0 Å². The highest BCUT2D eigenvalue weighted by atomic mass is 31.0. The number of rotatable bonds is 8. The van der Waals surface area contributed by atoms with Gasteiger partial charge in [0, 0.05) is 36.7 Å². The fraction of sp³-hybridized carbons (Fsp3) is 0.636. The van der Waals surface area contributed by atoms with E-state index in [4.69, 9.17) is 0 Å². The zero-order valence-electron chi connectivity index (χ0n) is 17.6. The van der Waals surface area contributed by atoms with Gasteiger partial charge in [-0.15, -0.1) is 0 Å². The summed E-state index contributed by atoms with van der Waals surface area (Å²) in [5, 5.41) is 5.78. The minimum atomic E-state index is -3.29. The minimum Gasteiger partial charge on any atom is -0.355 e. The van der Waals surface area contributed by atoms with Gasteiger partial charge >= 0.3 is 0 Å². The molecule has 3 rings (SSSR count). The Morgan fingerprint density at radius 1 is 1.06 bits per heavy atom. The van der Waals surface area contributed by atoms with Crippen molar-refractivity contribution in [2.24, 2.45) is 11.8 Å². The lowest BCUT2D eigenvalue weighted by Crippen LogP contribution is -2.42. The van der Waals surface area contributed by atoms with Gasteiger partial charge in [-0.1, -0.05) is 22.1 Å². The molecular weight excluding hydrogens is 426 g/mol. The lowest BCUT2D eigenvalue weighted by atomic mass is 9.96. The van der Waals surface area contributed by atoms with Crippen LogP contribution in [0.5, 0.6) is 0 Å². The third kappa shape index (κ3) is 7.18. The summed E-state index contributed by atoms with van der Waals surface area (Å²) in [6.45, 7) is 3.65. The largest absolute Gasteiger partial charge is 0.355 e. The van der Waals surface area contributed by atoms with Crippen LogP contribution in [-0.4, -0.2) is 49.4 Å². The molecule has 1 heterocycles. The number of benzene rings is 1. The highest BCUT2D eigenvalue weighted by molar-refractivity contribution is 7.17. The van der Waals surface area contributed by atoms with Crippen LogP contribution in [0.15, 0.2) is 18.2 Å². The molecule has 2 aliphatic rings. The van der Waals surface area contributed by atoms with E-state index in [0.29, 0.717) is 13.1 Å². The number of hydrogen-bond donors (Lipinski definition) is 2. The molecule has 0 spiro atoms. The van der Waals surface area contributed by atoms with E-state index >= 15 is 0 Å². The van der Waals surface area contributed by atoms with Gasteiger partial charge in [-0.25, -0.2) is 4.39 Å². The SMILES string of the molecule is O=C(NCC1CCN(CCNC(=O)C2CCCC2)CC1)c1cc(F)cc(C(F)(F)P)c1. The molecule has 5 nitrogen and oxygen atoms in total.